The normalized spacial score (nSPS) is 11.6. The van der Waals surface area contributed by atoms with Crippen molar-refractivity contribution < 1.29 is 19.4 Å². The lowest BCUT2D eigenvalue weighted by Gasteiger charge is -2.14. The molecule has 0 bridgehead atoms. The average molecular weight is 504 g/mol. The largest absolute Gasteiger partial charge is 0.481 e. The number of aryl methyl sites for hydroxylation is 3. The topological polar surface area (TPSA) is 101 Å². The first-order chi connectivity index (χ1) is 18.0. The van der Waals surface area contributed by atoms with Crippen LogP contribution >= 0.6 is 0 Å². The van der Waals surface area contributed by atoms with Crippen molar-refractivity contribution in [1.29, 1.82) is 0 Å². The molecule has 2 heterocycles. The SMILES string of the molecule is CCCCc1ccc(CCCCC(=O)NCCC(C(=O)O)c2ccc(Oc3ccccc3)nc2)nc1C. The molecule has 3 aromatic rings. The third kappa shape index (κ3) is 9.33. The fourth-order valence-electron chi connectivity index (χ4n) is 4.15. The third-order valence-electron chi connectivity index (χ3n) is 6.32. The number of hydrogen-bond donors (Lipinski definition) is 2. The number of nitrogens with zero attached hydrogens (tertiary/aromatic N) is 2. The first-order valence-corrected chi connectivity index (χ1v) is 13.1. The van der Waals surface area contributed by atoms with Gasteiger partial charge in [-0.25, -0.2) is 4.98 Å². The van der Waals surface area contributed by atoms with Gasteiger partial charge in [-0.2, -0.15) is 0 Å². The first kappa shape index (κ1) is 27.8. The summed E-state index contributed by atoms with van der Waals surface area (Å²) in [6.07, 6.45) is 8.14. The summed E-state index contributed by atoms with van der Waals surface area (Å²) in [5.74, 6) is -0.713. The molecule has 1 amide bonds. The Kier molecular flexibility index (Phi) is 11.1. The summed E-state index contributed by atoms with van der Waals surface area (Å²) in [7, 11) is 0. The van der Waals surface area contributed by atoms with Crippen molar-refractivity contribution in [1.82, 2.24) is 15.3 Å². The Balaban J connectivity index is 1.38. The summed E-state index contributed by atoms with van der Waals surface area (Å²) in [4.78, 5) is 33.0. The fourth-order valence-corrected chi connectivity index (χ4v) is 4.15. The molecule has 0 aliphatic carbocycles. The molecule has 37 heavy (non-hydrogen) atoms. The van der Waals surface area contributed by atoms with Crippen LogP contribution in [0, 0.1) is 6.92 Å². The van der Waals surface area contributed by atoms with E-state index in [0.717, 1.165) is 37.1 Å². The van der Waals surface area contributed by atoms with Crippen molar-refractivity contribution in [3.63, 3.8) is 0 Å². The maximum absolute atomic E-state index is 12.3. The van der Waals surface area contributed by atoms with Gasteiger partial charge in [-0.1, -0.05) is 43.7 Å². The van der Waals surface area contributed by atoms with E-state index in [1.807, 2.05) is 30.3 Å². The molecule has 1 atom stereocenters. The molecule has 1 aromatic carbocycles. The minimum absolute atomic E-state index is 0.0621. The molecule has 1 unspecified atom stereocenters. The smallest absolute Gasteiger partial charge is 0.311 e. The zero-order valence-electron chi connectivity index (χ0n) is 21.8. The molecule has 0 radical (unpaired) electrons. The minimum Gasteiger partial charge on any atom is -0.481 e. The lowest BCUT2D eigenvalue weighted by atomic mass is 9.97. The van der Waals surface area contributed by atoms with Gasteiger partial charge in [0.05, 0.1) is 5.92 Å². The number of ether oxygens (including phenoxy) is 1. The van der Waals surface area contributed by atoms with Crippen LogP contribution in [-0.4, -0.2) is 33.5 Å². The first-order valence-electron chi connectivity index (χ1n) is 13.1. The van der Waals surface area contributed by atoms with Gasteiger partial charge in [-0.05, 0) is 74.8 Å². The predicted molar refractivity (Wildman–Crippen MR) is 144 cm³/mol. The number of para-hydroxylation sites is 1. The van der Waals surface area contributed by atoms with Crippen LogP contribution in [0.1, 0.15) is 73.9 Å². The molecule has 0 fully saturated rings. The number of benzene rings is 1. The molecule has 0 spiro atoms. The summed E-state index contributed by atoms with van der Waals surface area (Å²) < 4.78 is 5.67. The number of aliphatic carboxylic acids is 1. The van der Waals surface area contributed by atoms with Gasteiger partial charge in [0, 0.05) is 36.6 Å². The quantitative estimate of drug-likeness (QED) is 0.246. The zero-order chi connectivity index (χ0) is 26.5. The van der Waals surface area contributed by atoms with Gasteiger partial charge in [0.1, 0.15) is 5.75 Å². The molecule has 2 N–H and O–H groups in total. The molecule has 7 heteroatoms. The van der Waals surface area contributed by atoms with Crippen LogP contribution in [-0.2, 0) is 22.4 Å². The second-order valence-corrected chi connectivity index (χ2v) is 9.23. The highest BCUT2D eigenvalue weighted by Gasteiger charge is 2.20. The lowest BCUT2D eigenvalue weighted by molar-refractivity contribution is -0.139. The molecule has 196 valence electrons. The van der Waals surface area contributed by atoms with Gasteiger partial charge in [-0.3, -0.25) is 14.6 Å². The highest BCUT2D eigenvalue weighted by molar-refractivity contribution is 5.77. The van der Waals surface area contributed by atoms with Gasteiger partial charge in [-0.15, -0.1) is 0 Å². The van der Waals surface area contributed by atoms with E-state index in [1.165, 1.54) is 24.6 Å². The van der Waals surface area contributed by atoms with Crippen molar-refractivity contribution in [3.05, 3.63) is 83.3 Å². The van der Waals surface area contributed by atoms with Crippen molar-refractivity contribution in [2.75, 3.05) is 6.54 Å². The summed E-state index contributed by atoms with van der Waals surface area (Å²) in [6, 6.07) is 16.9. The van der Waals surface area contributed by atoms with Gasteiger partial charge >= 0.3 is 5.97 Å². The Morgan fingerprint density at radius 3 is 2.49 bits per heavy atom. The fraction of sp³-hybridized carbons (Fsp3) is 0.400. The molecule has 3 rings (SSSR count). The number of aromatic nitrogens is 2. The number of pyridine rings is 2. The van der Waals surface area contributed by atoms with Crippen LogP contribution in [0.3, 0.4) is 0 Å². The predicted octanol–water partition coefficient (Wildman–Crippen LogP) is 6.01. The van der Waals surface area contributed by atoms with E-state index in [9.17, 15) is 14.7 Å². The average Bonchev–Trinajstić information content (AvgIpc) is 2.90. The maximum Gasteiger partial charge on any atom is 0.311 e. The van der Waals surface area contributed by atoms with Crippen LogP contribution < -0.4 is 10.1 Å². The van der Waals surface area contributed by atoms with Crippen molar-refractivity contribution in [2.24, 2.45) is 0 Å². The third-order valence-corrected chi connectivity index (χ3v) is 6.32. The monoisotopic (exact) mass is 503 g/mol. The minimum atomic E-state index is -0.948. The molecular weight excluding hydrogens is 466 g/mol. The van der Waals surface area contributed by atoms with Crippen molar-refractivity contribution in [3.8, 4) is 11.6 Å². The Bertz CT molecular complexity index is 1130. The lowest BCUT2D eigenvalue weighted by Crippen LogP contribution is -2.27. The van der Waals surface area contributed by atoms with Gasteiger partial charge in [0.25, 0.3) is 0 Å². The van der Waals surface area contributed by atoms with E-state index in [-0.39, 0.29) is 18.9 Å². The number of hydrogen-bond acceptors (Lipinski definition) is 5. The highest BCUT2D eigenvalue weighted by Crippen LogP contribution is 2.23. The zero-order valence-corrected chi connectivity index (χ0v) is 21.8. The second kappa shape index (κ2) is 14.7. The second-order valence-electron chi connectivity index (χ2n) is 9.23. The maximum atomic E-state index is 12.3. The molecule has 0 aliphatic heterocycles. The molecule has 0 aliphatic rings. The van der Waals surface area contributed by atoms with E-state index in [0.29, 0.717) is 23.6 Å². The Morgan fingerprint density at radius 2 is 1.81 bits per heavy atom. The van der Waals surface area contributed by atoms with E-state index < -0.39 is 11.9 Å². The standard InChI is InChI=1S/C30H37N3O4/c1-3-4-10-23-15-17-25(33-22(23)2)11-8-9-14-28(34)31-20-19-27(30(35)36)24-16-18-29(32-21-24)37-26-12-6-5-7-13-26/h5-7,12-13,15-18,21,27H,3-4,8-11,14,19-20H2,1-2H3,(H,31,34)(H,35,36). The van der Waals surface area contributed by atoms with Gasteiger partial charge in [0.15, 0.2) is 0 Å². The summed E-state index contributed by atoms with van der Waals surface area (Å²) >= 11 is 0. The molecule has 0 saturated carbocycles. The Hall–Kier alpha value is -3.74. The van der Waals surface area contributed by atoms with Crippen LogP contribution in [0.4, 0.5) is 0 Å². The van der Waals surface area contributed by atoms with Crippen LogP contribution in [0.15, 0.2) is 60.8 Å². The molecule has 7 nitrogen and oxygen atoms in total. The molecule has 0 saturated heterocycles. The van der Waals surface area contributed by atoms with Crippen LogP contribution in [0.2, 0.25) is 0 Å². The van der Waals surface area contributed by atoms with Crippen molar-refractivity contribution >= 4 is 11.9 Å². The number of nitrogens with one attached hydrogen (secondary N) is 1. The number of carbonyl (C=O) groups excluding carboxylic acids is 1. The highest BCUT2D eigenvalue weighted by atomic mass is 16.5. The van der Waals surface area contributed by atoms with E-state index in [1.54, 1.807) is 12.1 Å². The van der Waals surface area contributed by atoms with E-state index >= 15 is 0 Å². The van der Waals surface area contributed by atoms with Crippen LogP contribution in [0.5, 0.6) is 11.6 Å². The number of unbranched alkanes of at least 4 members (excludes halogenated alkanes) is 2. The number of amides is 1. The Labute approximate surface area is 219 Å². The van der Waals surface area contributed by atoms with Crippen molar-refractivity contribution in [2.45, 2.75) is 71.1 Å². The molecular formula is C30H37N3O4. The van der Waals surface area contributed by atoms with E-state index in [2.05, 4.69) is 36.3 Å². The number of carbonyl (C=O) groups is 2. The summed E-state index contributed by atoms with van der Waals surface area (Å²) in [6.45, 7) is 4.55. The van der Waals surface area contributed by atoms with Gasteiger partial charge in [0.2, 0.25) is 11.8 Å². The number of rotatable bonds is 15. The number of carboxylic acid groups (broad SMARTS) is 1. The summed E-state index contributed by atoms with van der Waals surface area (Å²) in [5, 5.41) is 12.5. The summed E-state index contributed by atoms with van der Waals surface area (Å²) in [5.41, 5.74) is 4.06. The molecule has 2 aromatic heterocycles. The number of carboxylic acids is 1. The Morgan fingerprint density at radius 1 is 1.00 bits per heavy atom. The van der Waals surface area contributed by atoms with E-state index in [4.69, 9.17) is 9.72 Å². The van der Waals surface area contributed by atoms with Gasteiger partial charge < -0.3 is 15.2 Å². The van der Waals surface area contributed by atoms with Crippen LogP contribution in [0.25, 0.3) is 0 Å².